The molecule has 0 radical (unpaired) electrons. The number of aromatic nitrogens is 4. The zero-order chi connectivity index (χ0) is 14.9. The van der Waals surface area contributed by atoms with Gasteiger partial charge in [0, 0.05) is 6.42 Å². The van der Waals surface area contributed by atoms with Gasteiger partial charge in [0.2, 0.25) is 0 Å². The Hall–Kier alpha value is -1.37. The lowest BCUT2D eigenvalue weighted by molar-refractivity contribution is -0.121. The van der Waals surface area contributed by atoms with Crippen molar-refractivity contribution >= 4 is 5.78 Å². The van der Waals surface area contributed by atoms with Crippen molar-refractivity contribution in [1.82, 2.24) is 25.9 Å². The van der Waals surface area contributed by atoms with Gasteiger partial charge in [-0.15, -0.1) is 5.10 Å². The number of aryl methyl sites for hydroxylation is 1. The van der Waals surface area contributed by atoms with Crippen molar-refractivity contribution in [3.05, 3.63) is 5.82 Å². The second-order valence-electron chi connectivity index (χ2n) is 6.57. The zero-order valence-electron chi connectivity index (χ0n) is 12.3. The molecule has 1 saturated carbocycles. The molecule has 2 heterocycles. The summed E-state index contributed by atoms with van der Waals surface area (Å²) >= 11 is 0. The molecule has 6 nitrogen and oxygen atoms in total. The molecule has 116 valence electrons. The summed E-state index contributed by atoms with van der Waals surface area (Å²) in [5.41, 5.74) is -1.15. The van der Waals surface area contributed by atoms with Gasteiger partial charge in [0.05, 0.1) is 6.04 Å². The van der Waals surface area contributed by atoms with Gasteiger partial charge in [-0.25, -0.2) is 9.49 Å². The SMILES string of the molecule is CC(=O)[C@@H]1C[C@H]2C[C@@](F)(CCc3nnn[nH]3)CC[C@H]2CN1. The lowest BCUT2D eigenvalue weighted by Gasteiger charge is -2.44. The molecule has 21 heavy (non-hydrogen) atoms. The van der Waals surface area contributed by atoms with Crippen LogP contribution in [0.5, 0.6) is 0 Å². The molecule has 3 rings (SSSR count). The normalized spacial score (nSPS) is 36.2. The number of aromatic amines is 1. The average molecular weight is 295 g/mol. The third kappa shape index (κ3) is 3.28. The van der Waals surface area contributed by atoms with Crippen LogP contribution in [-0.4, -0.2) is 44.7 Å². The van der Waals surface area contributed by atoms with E-state index in [1.165, 1.54) is 0 Å². The number of tetrazole rings is 1. The fraction of sp³-hybridized carbons (Fsp3) is 0.857. The molecule has 4 atom stereocenters. The summed E-state index contributed by atoms with van der Waals surface area (Å²) in [7, 11) is 0. The minimum Gasteiger partial charge on any atom is -0.307 e. The Morgan fingerprint density at radius 1 is 1.48 bits per heavy atom. The summed E-state index contributed by atoms with van der Waals surface area (Å²) in [4.78, 5) is 11.5. The van der Waals surface area contributed by atoms with E-state index in [9.17, 15) is 4.79 Å². The van der Waals surface area contributed by atoms with Crippen LogP contribution in [0, 0.1) is 11.8 Å². The van der Waals surface area contributed by atoms with Crippen LogP contribution < -0.4 is 5.32 Å². The first-order chi connectivity index (χ1) is 10.1. The highest BCUT2D eigenvalue weighted by Gasteiger charge is 2.43. The number of hydrogen-bond acceptors (Lipinski definition) is 5. The van der Waals surface area contributed by atoms with Crippen molar-refractivity contribution in [2.24, 2.45) is 11.8 Å². The molecule has 2 fully saturated rings. The monoisotopic (exact) mass is 295 g/mol. The molecule has 1 saturated heterocycles. The second-order valence-corrected chi connectivity index (χ2v) is 6.57. The Balaban J connectivity index is 1.59. The molecule has 0 amide bonds. The van der Waals surface area contributed by atoms with Crippen molar-refractivity contribution in [3.8, 4) is 0 Å². The van der Waals surface area contributed by atoms with Crippen LogP contribution in [0.1, 0.15) is 44.9 Å². The molecule has 0 spiro atoms. The van der Waals surface area contributed by atoms with Gasteiger partial charge in [-0.05, 0) is 67.8 Å². The molecule has 0 unspecified atom stereocenters. The number of fused-ring (bicyclic) bond motifs is 1. The van der Waals surface area contributed by atoms with Gasteiger partial charge < -0.3 is 5.32 Å². The quantitative estimate of drug-likeness (QED) is 0.872. The lowest BCUT2D eigenvalue weighted by atomic mass is 9.67. The van der Waals surface area contributed by atoms with Crippen LogP contribution >= 0.6 is 0 Å². The second kappa shape index (κ2) is 5.79. The summed E-state index contributed by atoms with van der Waals surface area (Å²) in [6, 6.07) is -0.0907. The van der Waals surface area contributed by atoms with E-state index in [0.29, 0.717) is 43.3 Å². The molecule has 0 aromatic carbocycles. The van der Waals surface area contributed by atoms with Gasteiger partial charge >= 0.3 is 0 Å². The van der Waals surface area contributed by atoms with Gasteiger partial charge in [0.15, 0.2) is 0 Å². The van der Waals surface area contributed by atoms with Gasteiger partial charge in [0.1, 0.15) is 17.3 Å². The van der Waals surface area contributed by atoms with E-state index in [2.05, 4.69) is 25.9 Å². The van der Waals surface area contributed by atoms with E-state index in [0.717, 1.165) is 19.4 Å². The summed E-state index contributed by atoms with van der Waals surface area (Å²) in [6.07, 6.45) is 3.82. The van der Waals surface area contributed by atoms with Crippen LogP contribution in [0.25, 0.3) is 0 Å². The van der Waals surface area contributed by atoms with Gasteiger partial charge in [-0.3, -0.25) is 4.79 Å². The third-order valence-electron chi connectivity index (χ3n) is 5.11. The summed E-state index contributed by atoms with van der Waals surface area (Å²) in [5.74, 6) is 1.63. The summed E-state index contributed by atoms with van der Waals surface area (Å²) < 4.78 is 15.1. The smallest absolute Gasteiger partial charge is 0.148 e. The van der Waals surface area contributed by atoms with Crippen molar-refractivity contribution in [2.75, 3.05) is 6.54 Å². The van der Waals surface area contributed by atoms with Crippen LogP contribution in [-0.2, 0) is 11.2 Å². The average Bonchev–Trinajstić information content (AvgIpc) is 2.98. The van der Waals surface area contributed by atoms with Crippen LogP contribution in [0.2, 0.25) is 0 Å². The molecule has 1 aliphatic carbocycles. The van der Waals surface area contributed by atoms with Crippen LogP contribution in [0.4, 0.5) is 4.39 Å². The maximum Gasteiger partial charge on any atom is 0.148 e. The molecule has 0 bridgehead atoms. The highest BCUT2D eigenvalue weighted by molar-refractivity contribution is 5.81. The molecule has 2 aliphatic rings. The number of nitrogens with one attached hydrogen (secondary N) is 2. The van der Waals surface area contributed by atoms with Crippen molar-refractivity contribution in [2.45, 2.75) is 57.2 Å². The van der Waals surface area contributed by atoms with Gasteiger partial charge in [0.25, 0.3) is 0 Å². The number of alkyl halides is 1. The minimum atomic E-state index is -1.15. The molecular formula is C14H22FN5O. The highest BCUT2D eigenvalue weighted by Crippen LogP contribution is 2.44. The number of halogens is 1. The number of hydrogen-bond donors (Lipinski definition) is 2. The fourth-order valence-corrected chi connectivity index (χ4v) is 3.81. The Labute approximate surface area is 123 Å². The first-order valence-corrected chi connectivity index (χ1v) is 7.71. The highest BCUT2D eigenvalue weighted by atomic mass is 19.1. The number of carbonyl (C=O) groups is 1. The number of Topliss-reactive ketones (excluding diaryl/α,β-unsaturated/α-hetero) is 1. The summed E-state index contributed by atoms with van der Waals surface area (Å²) in [5, 5.41) is 16.8. The number of carbonyl (C=O) groups excluding carboxylic acids is 1. The van der Waals surface area contributed by atoms with Crippen molar-refractivity contribution in [3.63, 3.8) is 0 Å². The molecule has 2 N–H and O–H groups in total. The predicted molar refractivity (Wildman–Crippen MR) is 74.3 cm³/mol. The van der Waals surface area contributed by atoms with Crippen LogP contribution in [0.3, 0.4) is 0 Å². The Bertz CT molecular complexity index is 494. The first kappa shape index (κ1) is 14.6. The number of rotatable bonds is 4. The van der Waals surface area contributed by atoms with Gasteiger partial charge in [-0.2, -0.15) is 0 Å². The molecule has 7 heteroatoms. The topological polar surface area (TPSA) is 83.6 Å². The van der Waals surface area contributed by atoms with E-state index in [1.807, 2.05) is 0 Å². The number of ketones is 1. The van der Waals surface area contributed by atoms with Crippen molar-refractivity contribution in [1.29, 1.82) is 0 Å². The fourth-order valence-electron chi connectivity index (χ4n) is 3.81. The minimum absolute atomic E-state index is 0.0907. The Morgan fingerprint density at radius 2 is 2.33 bits per heavy atom. The zero-order valence-corrected chi connectivity index (χ0v) is 12.3. The maximum atomic E-state index is 15.1. The third-order valence-corrected chi connectivity index (χ3v) is 5.11. The lowest BCUT2D eigenvalue weighted by Crippen LogP contribution is -2.51. The Kier molecular flexibility index (Phi) is 4.01. The van der Waals surface area contributed by atoms with E-state index in [-0.39, 0.29) is 11.8 Å². The van der Waals surface area contributed by atoms with E-state index in [4.69, 9.17) is 0 Å². The van der Waals surface area contributed by atoms with Gasteiger partial charge in [-0.1, -0.05) is 0 Å². The Morgan fingerprint density at radius 3 is 3.05 bits per heavy atom. The molecule has 1 aromatic rings. The molecule has 1 aromatic heterocycles. The summed E-state index contributed by atoms with van der Waals surface area (Å²) in [6.45, 7) is 2.46. The molecular weight excluding hydrogens is 273 g/mol. The number of H-pyrrole nitrogens is 1. The standard InChI is InChI=1S/C14H22FN5O/c1-9(21)12-6-11-7-14(15,4-2-10(11)8-16-12)5-3-13-17-19-20-18-13/h10-12,16H,2-8H2,1H3,(H,17,18,19,20)/t10-,11-,12-,14-/m0/s1. The van der Waals surface area contributed by atoms with E-state index in [1.54, 1.807) is 6.92 Å². The number of nitrogens with zero attached hydrogens (tertiary/aromatic N) is 3. The first-order valence-electron chi connectivity index (χ1n) is 7.71. The van der Waals surface area contributed by atoms with E-state index >= 15 is 4.39 Å². The largest absolute Gasteiger partial charge is 0.307 e. The molecule has 1 aliphatic heterocycles. The maximum absolute atomic E-state index is 15.1. The van der Waals surface area contributed by atoms with E-state index < -0.39 is 5.67 Å². The predicted octanol–water partition coefficient (Wildman–Crippen LogP) is 1.21. The number of piperidine rings is 1. The van der Waals surface area contributed by atoms with Crippen LogP contribution in [0.15, 0.2) is 0 Å². The van der Waals surface area contributed by atoms with Crippen molar-refractivity contribution < 1.29 is 9.18 Å².